The minimum Gasteiger partial charge on any atom is -0.468 e. The molecule has 2 aliphatic carbocycles. The van der Waals surface area contributed by atoms with Crippen molar-refractivity contribution in [2.45, 2.75) is 43.7 Å². The summed E-state index contributed by atoms with van der Waals surface area (Å²) in [6, 6.07) is 28.6. The van der Waals surface area contributed by atoms with Crippen LogP contribution in [-0.2, 0) is 33.7 Å². The van der Waals surface area contributed by atoms with Crippen LogP contribution < -0.4 is 26.4 Å². The molecule has 0 unspecified atom stereocenters. The lowest BCUT2D eigenvalue weighted by atomic mass is 10.0. The number of nitrogens with zero attached hydrogens (tertiary/aromatic N) is 4. The Hall–Kier alpha value is -7.32. The van der Waals surface area contributed by atoms with Crippen LogP contribution in [-0.4, -0.2) is 76.4 Å². The van der Waals surface area contributed by atoms with Gasteiger partial charge in [-0.25, -0.2) is 23.5 Å². The number of hydrogen-bond donors (Lipinski definition) is 4. The van der Waals surface area contributed by atoms with E-state index in [1.165, 1.54) is 47.3 Å². The van der Waals surface area contributed by atoms with Gasteiger partial charge in [-0.1, -0.05) is 59.6 Å². The lowest BCUT2D eigenvalue weighted by Crippen LogP contribution is -2.35. The molecule has 4 atom stereocenters. The number of ether oxygens (including phenoxy) is 4. The molecule has 374 valence electrons. The van der Waals surface area contributed by atoms with Crippen molar-refractivity contribution in [3.8, 4) is 5.88 Å². The second-order valence-corrected chi connectivity index (χ2v) is 16.5. The summed E-state index contributed by atoms with van der Waals surface area (Å²) in [4.78, 5) is 61.2. The normalized spacial score (nSPS) is 15.9. The zero-order chi connectivity index (χ0) is 50.4. The first-order valence-corrected chi connectivity index (χ1v) is 22.5. The number of aromatic nitrogens is 4. The predicted molar refractivity (Wildman–Crippen MR) is 268 cm³/mol. The minimum atomic E-state index is -0.614. The number of halogens is 5. The minimum absolute atomic E-state index is 0. The van der Waals surface area contributed by atoms with Gasteiger partial charge in [-0.05, 0) is 89.0 Å². The van der Waals surface area contributed by atoms with E-state index in [2.05, 4.69) is 30.9 Å². The molecule has 9 rings (SSSR count). The molecule has 3 heterocycles. The molecule has 0 saturated heterocycles. The molecule has 4 aromatic carbocycles. The van der Waals surface area contributed by atoms with Gasteiger partial charge in [-0.15, -0.1) is 12.4 Å². The van der Waals surface area contributed by atoms with Crippen LogP contribution in [0.2, 0.25) is 10.0 Å². The smallest absolute Gasteiger partial charge is 0.408 e. The Morgan fingerprint density at radius 3 is 1.85 bits per heavy atom. The van der Waals surface area contributed by atoms with Crippen LogP contribution in [0, 0.1) is 11.6 Å². The Morgan fingerprint density at radius 2 is 1.31 bits per heavy atom. The van der Waals surface area contributed by atoms with Gasteiger partial charge >= 0.3 is 6.09 Å². The lowest BCUT2D eigenvalue weighted by molar-refractivity contribution is 0.0709. The molecule has 2 aliphatic rings. The van der Waals surface area contributed by atoms with E-state index in [0.29, 0.717) is 46.9 Å². The zero-order valence-corrected chi connectivity index (χ0v) is 40.8. The van der Waals surface area contributed by atoms with Crippen molar-refractivity contribution in [3.63, 3.8) is 0 Å². The first-order valence-electron chi connectivity index (χ1n) is 21.8. The number of methoxy groups -OCH3 is 2. The van der Waals surface area contributed by atoms with Gasteiger partial charge in [-0.3, -0.25) is 23.9 Å². The maximum atomic E-state index is 13.4. The van der Waals surface area contributed by atoms with E-state index < -0.39 is 23.8 Å². The number of pyridine rings is 2. The number of carbonyl (C=O) groups is 4. The Bertz CT molecular complexity index is 2980. The molecule has 0 spiro atoms. The molecule has 3 amide bonds. The van der Waals surface area contributed by atoms with Gasteiger partial charge < -0.3 is 40.6 Å². The van der Waals surface area contributed by atoms with E-state index in [1.807, 2.05) is 18.2 Å². The summed E-state index contributed by atoms with van der Waals surface area (Å²) in [5.74, 6) is -1.50. The number of hydrogen-bond acceptors (Lipinski definition) is 12. The van der Waals surface area contributed by atoms with Crippen LogP contribution in [0.4, 0.5) is 25.0 Å². The number of imidazole rings is 1. The standard InChI is InChI=1S/C24H21ClFN3O4.C17H16ClFN2O2.C10H9N3O2.ClH/c1-32-21-12-18-16(22(21)29-24(31)33-13-15-5-2-3-10-27-15)6-4-7-17(18)23(30)28-14-8-9-20(26)19(25)11-14;1-23-15-8-12-10(16(15)20)3-2-4-11(12)17(22)21-9-5-6-14(19)13(18)7-9;14-10(13-6-5-11-8-13)7-15-9-3-1-2-4-12-9;/h2-11,21-22H,12-13H2,1H3,(H,28,30)(H,29,31);2-7,15-16H,8,20H2,1H3,(H,21,22);1-6,8H,7H2;1H/t21-,22-;15-,16-;;/m11../s1. The van der Waals surface area contributed by atoms with Crippen LogP contribution in [0.5, 0.6) is 5.88 Å². The van der Waals surface area contributed by atoms with E-state index in [9.17, 15) is 28.0 Å². The molecule has 3 aromatic heterocycles. The van der Waals surface area contributed by atoms with E-state index in [0.717, 1.165) is 22.3 Å². The third kappa shape index (κ3) is 13.8. The van der Waals surface area contributed by atoms with Crippen LogP contribution in [0.15, 0.2) is 140 Å². The fourth-order valence-electron chi connectivity index (χ4n) is 7.75. The maximum absolute atomic E-state index is 13.4. The first kappa shape index (κ1) is 54.0. The largest absolute Gasteiger partial charge is 0.468 e. The fourth-order valence-corrected chi connectivity index (χ4v) is 8.11. The summed E-state index contributed by atoms with van der Waals surface area (Å²) in [7, 11) is 3.15. The van der Waals surface area contributed by atoms with Gasteiger partial charge in [0.2, 0.25) is 5.88 Å². The highest BCUT2D eigenvalue weighted by Crippen LogP contribution is 2.37. The SMILES string of the molecule is CO[C@@H]1Cc2c(C(=O)Nc3ccc(F)c(Cl)c3)cccc2[C@H]1N.CO[C@@H]1Cc2c(C(=O)Nc3ccc(F)c(Cl)c3)cccc2[C@H]1NC(=O)OCc1ccccn1.Cl.O=C(COc1ccccn1)n1ccnc1. The molecular formula is C51H47Cl3F2N8O8. The number of amides is 3. The molecule has 0 saturated carbocycles. The van der Waals surface area contributed by atoms with Gasteiger partial charge in [0, 0.05) is 80.4 Å². The van der Waals surface area contributed by atoms with E-state index in [-0.39, 0.29) is 71.6 Å². The number of alkyl carbamates (subject to hydrolysis) is 1. The zero-order valence-electron chi connectivity index (χ0n) is 38.5. The van der Waals surface area contributed by atoms with Crippen molar-refractivity contribution in [2.24, 2.45) is 5.73 Å². The molecule has 16 nitrogen and oxygen atoms in total. The van der Waals surface area contributed by atoms with Gasteiger partial charge in [0.15, 0.2) is 6.61 Å². The molecule has 0 bridgehead atoms. The van der Waals surface area contributed by atoms with E-state index in [1.54, 1.807) is 93.6 Å². The third-order valence-electron chi connectivity index (χ3n) is 11.3. The van der Waals surface area contributed by atoms with Gasteiger partial charge in [0.1, 0.15) is 24.6 Å². The van der Waals surface area contributed by atoms with Crippen molar-refractivity contribution < 1.29 is 46.9 Å². The van der Waals surface area contributed by atoms with Crippen molar-refractivity contribution in [2.75, 3.05) is 31.5 Å². The van der Waals surface area contributed by atoms with Crippen molar-refractivity contribution in [1.82, 2.24) is 24.8 Å². The molecule has 0 radical (unpaired) electrons. The Kier molecular flexibility index (Phi) is 19.3. The highest BCUT2D eigenvalue weighted by molar-refractivity contribution is 6.31. The average Bonchev–Trinajstić information content (AvgIpc) is 4.14. The first-order chi connectivity index (χ1) is 34.3. The Morgan fingerprint density at radius 1 is 0.722 bits per heavy atom. The number of nitrogens with two attached hydrogens (primary N) is 1. The fraction of sp³-hybridized carbons (Fsp3) is 0.196. The van der Waals surface area contributed by atoms with Gasteiger partial charge in [0.25, 0.3) is 17.7 Å². The monoisotopic (exact) mass is 1040 g/mol. The second-order valence-electron chi connectivity index (χ2n) is 15.7. The molecule has 21 heteroatoms. The Labute approximate surface area is 428 Å². The number of carbonyl (C=O) groups excluding carboxylic acids is 4. The molecular weight excluding hydrogens is 997 g/mol. The molecule has 5 N–H and O–H groups in total. The highest BCUT2D eigenvalue weighted by Gasteiger charge is 2.37. The number of rotatable bonds is 12. The van der Waals surface area contributed by atoms with Crippen LogP contribution >= 0.6 is 35.6 Å². The van der Waals surface area contributed by atoms with Crippen molar-refractivity contribution >= 4 is 70.8 Å². The Balaban J connectivity index is 0.000000189. The van der Waals surface area contributed by atoms with E-state index in [4.69, 9.17) is 47.9 Å². The molecule has 7 aromatic rings. The maximum Gasteiger partial charge on any atom is 0.408 e. The quantitative estimate of drug-likeness (QED) is 0.0902. The summed E-state index contributed by atoms with van der Waals surface area (Å²) in [6.45, 7) is -0.0139. The summed E-state index contributed by atoms with van der Waals surface area (Å²) in [5.41, 5.74) is 11.9. The lowest BCUT2D eigenvalue weighted by Gasteiger charge is -2.20. The predicted octanol–water partition coefficient (Wildman–Crippen LogP) is 9.39. The topological polar surface area (TPSA) is 211 Å². The number of benzene rings is 4. The number of fused-ring (bicyclic) bond motifs is 2. The summed E-state index contributed by atoms with van der Waals surface area (Å²) in [6.07, 6.45) is 7.65. The van der Waals surface area contributed by atoms with Crippen LogP contribution in [0.1, 0.15) is 65.5 Å². The van der Waals surface area contributed by atoms with Crippen molar-refractivity contribution in [1.29, 1.82) is 0 Å². The van der Waals surface area contributed by atoms with Gasteiger partial charge in [0.05, 0.1) is 40.0 Å². The van der Waals surface area contributed by atoms with Crippen LogP contribution in [0.25, 0.3) is 0 Å². The third-order valence-corrected chi connectivity index (χ3v) is 11.9. The number of nitrogens with one attached hydrogen (secondary N) is 3. The summed E-state index contributed by atoms with van der Waals surface area (Å²) < 4.78 is 49.4. The summed E-state index contributed by atoms with van der Waals surface area (Å²) in [5, 5.41) is 8.17. The van der Waals surface area contributed by atoms with E-state index >= 15 is 0 Å². The molecule has 0 fully saturated rings. The molecule has 72 heavy (non-hydrogen) atoms. The van der Waals surface area contributed by atoms with Gasteiger partial charge in [-0.2, -0.15) is 0 Å². The van der Waals surface area contributed by atoms with Crippen molar-refractivity contribution in [3.05, 3.63) is 201 Å². The average molecular weight is 1040 g/mol. The highest BCUT2D eigenvalue weighted by atomic mass is 35.5. The second kappa shape index (κ2) is 25.7. The number of anilines is 2. The molecule has 0 aliphatic heterocycles. The summed E-state index contributed by atoms with van der Waals surface area (Å²) >= 11 is 11.5. The van der Waals surface area contributed by atoms with Crippen LogP contribution in [0.3, 0.4) is 0 Å².